The van der Waals surface area contributed by atoms with E-state index in [0.29, 0.717) is 17.1 Å². The summed E-state index contributed by atoms with van der Waals surface area (Å²) in [5.41, 5.74) is 3.27. The predicted molar refractivity (Wildman–Crippen MR) is 144 cm³/mol. The zero-order chi connectivity index (χ0) is 25.2. The largest absolute Gasteiger partial charge is 0.491 e. The first kappa shape index (κ1) is 24.3. The molecule has 0 radical (unpaired) electrons. The van der Waals surface area contributed by atoms with Crippen LogP contribution in [0.15, 0.2) is 72.8 Å². The number of hydrogen-bond donors (Lipinski definition) is 3. The lowest BCUT2D eigenvalue weighted by atomic mass is 9.91. The van der Waals surface area contributed by atoms with Gasteiger partial charge in [0, 0.05) is 9.49 Å². The van der Waals surface area contributed by atoms with E-state index in [-0.39, 0.29) is 25.0 Å². The number of fused-ring (bicyclic) bond motifs is 1. The number of imide groups is 1. The maximum absolute atomic E-state index is 13.7. The zero-order valence-electron chi connectivity index (χ0n) is 19.5. The van der Waals surface area contributed by atoms with Gasteiger partial charge in [0.25, 0.3) is 5.91 Å². The van der Waals surface area contributed by atoms with Gasteiger partial charge in [-0.3, -0.25) is 9.69 Å². The number of H-pyrrole nitrogens is 1. The number of rotatable bonds is 8. The molecule has 0 saturated carbocycles. The van der Waals surface area contributed by atoms with Crippen molar-refractivity contribution in [1.82, 2.24) is 20.2 Å². The Morgan fingerprint density at radius 2 is 1.83 bits per heavy atom. The number of carbonyl (C=O) groups is 2. The van der Waals surface area contributed by atoms with E-state index < -0.39 is 18.1 Å². The van der Waals surface area contributed by atoms with Crippen LogP contribution in [0.4, 0.5) is 4.79 Å². The molecular weight excluding hydrogens is 571 g/mol. The zero-order valence-corrected chi connectivity index (χ0v) is 21.7. The number of ether oxygens (including phenoxy) is 1. The molecule has 3 aromatic carbocycles. The van der Waals surface area contributed by atoms with E-state index in [1.54, 1.807) is 24.3 Å². The highest BCUT2D eigenvalue weighted by Crippen LogP contribution is 2.39. The Kier molecular flexibility index (Phi) is 6.92. The van der Waals surface area contributed by atoms with E-state index in [4.69, 9.17) is 14.8 Å². The number of aromatic nitrogens is 2. The van der Waals surface area contributed by atoms with Crippen LogP contribution in [0.2, 0.25) is 0 Å². The lowest BCUT2D eigenvalue weighted by molar-refractivity contribution is -0.129. The first-order chi connectivity index (χ1) is 17.5. The number of halogens is 1. The molecule has 3 amide bonds. The number of imidazole rings is 1. The van der Waals surface area contributed by atoms with Gasteiger partial charge in [-0.15, -0.1) is 0 Å². The average Bonchev–Trinajstić information content (AvgIpc) is 3.44. The molecule has 2 unspecified atom stereocenters. The number of nitrogens with zero attached hydrogens (tertiary/aromatic N) is 2. The maximum atomic E-state index is 13.7. The molecule has 2 heterocycles. The number of carbonyl (C=O) groups excluding carboxylic acids is 2. The molecule has 0 aliphatic carbocycles. The molecule has 1 saturated heterocycles. The normalized spacial score (nSPS) is 17.3. The van der Waals surface area contributed by atoms with Gasteiger partial charge < -0.3 is 20.1 Å². The van der Waals surface area contributed by atoms with Crippen molar-refractivity contribution >= 4 is 45.6 Å². The van der Waals surface area contributed by atoms with Gasteiger partial charge in [0.15, 0.2) is 0 Å². The Morgan fingerprint density at radius 1 is 1.08 bits per heavy atom. The minimum atomic E-state index is -0.819. The van der Waals surface area contributed by atoms with E-state index in [9.17, 15) is 9.59 Å². The third-order valence-electron chi connectivity index (χ3n) is 6.36. The van der Waals surface area contributed by atoms with Gasteiger partial charge in [-0.1, -0.05) is 49.4 Å². The number of nitrogens with one attached hydrogen (secondary N) is 2. The van der Waals surface area contributed by atoms with Crippen LogP contribution >= 0.6 is 22.6 Å². The van der Waals surface area contributed by atoms with Crippen molar-refractivity contribution in [2.45, 2.75) is 24.9 Å². The van der Waals surface area contributed by atoms with E-state index in [1.165, 1.54) is 4.90 Å². The van der Waals surface area contributed by atoms with Crippen molar-refractivity contribution in [1.29, 1.82) is 0 Å². The number of aliphatic hydroxyl groups excluding tert-OH is 1. The van der Waals surface area contributed by atoms with Crippen molar-refractivity contribution in [3.8, 4) is 5.75 Å². The molecule has 36 heavy (non-hydrogen) atoms. The van der Waals surface area contributed by atoms with Gasteiger partial charge in [-0.05, 0) is 64.0 Å². The highest BCUT2D eigenvalue weighted by atomic mass is 127. The second-order valence-electron chi connectivity index (χ2n) is 8.66. The smallest absolute Gasteiger partial charge is 0.325 e. The van der Waals surface area contributed by atoms with Crippen LogP contribution in [0.3, 0.4) is 0 Å². The first-order valence-corrected chi connectivity index (χ1v) is 12.7. The number of amides is 3. The van der Waals surface area contributed by atoms with Crippen LogP contribution in [0.25, 0.3) is 11.0 Å². The fourth-order valence-corrected chi connectivity index (χ4v) is 5.06. The monoisotopic (exact) mass is 596 g/mol. The van der Waals surface area contributed by atoms with E-state index in [2.05, 4.69) is 32.9 Å². The average molecular weight is 596 g/mol. The summed E-state index contributed by atoms with van der Waals surface area (Å²) in [7, 11) is 0. The van der Waals surface area contributed by atoms with Gasteiger partial charge >= 0.3 is 6.03 Å². The summed E-state index contributed by atoms with van der Waals surface area (Å²) in [6, 6.07) is 20.7. The third kappa shape index (κ3) is 4.68. The van der Waals surface area contributed by atoms with Crippen LogP contribution in [-0.4, -0.2) is 45.1 Å². The van der Waals surface area contributed by atoms with Gasteiger partial charge in [0.05, 0.1) is 17.6 Å². The summed E-state index contributed by atoms with van der Waals surface area (Å²) in [6.07, 6.45) is 0. The predicted octanol–water partition coefficient (Wildman–Crippen LogP) is 4.68. The molecule has 0 bridgehead atoms. The van der Waals surface area contributed by atoms with Crippen molar-refractivity contribution < 1.29 is 19.4 Å². The highest BCUT2D eigenvalue weighted by molar-refractivity contribution is 14.1. The lowest BCUT2D eigenvalue weighted by Gasteiger charge is -2.29. The quantitative estimate of drug-likeness (QED) is 0.202. The van der Waals surface area contributed by atoms with E-state index in [0.717, 1.165) is 20.2 Å². The lowest BCUT2D eigenvalue weighted by Crippen LogP contribution is -2.38. The minimum Gasteiger partial charge on any atom is -0.491 e. The molecule has 0 spiro atoms. The topological polar surface area (TPSA) is 108 Å². The number of urea groups is 1. The van der Waals surface area contributed by atoms with Crippen LogP contribution in [0.5, 0.6) is 5.75 Å². The summed E-state index contributed by atoms with van der Waals surface area (Å²) in [5, 5.41) is 11.8. The van der Waals surface area contributed by atoms with Gasteiger partial charge in [0.1, 0.15) is 30.3 Å². The highest BCUT2D eigenvalue weighted by Gasteiger charge is 2.46. The molecule has 1 fully saturated rings. The molecule has 1 aliphatic heterocycles. The Morgan fingerprint density at radius 3 is 2.56 bits per heavy atom. The molecule has 3 N–H and O–H groups in total. The Hall–Kier alpha value is -3.44. The molecule has 9 heteroatoms. The van der Waals surface area contributed by atoms with Crippen LogP contribution < -0.4 is 10.1 Å². The van der Waals surface area contributed by atoms with Gasteiger partial charge in [-0.2, -0.15) is 0 Å². The molecule has 1 aromatic heterocycles. The van der Waals surface area contributed by atoms with Crippen LogP contribution in [0.1, 0.15) is 41.9 Å². The van der Waals surface area contributed by atoms with Crippen molar-refractivity contribution in [3.63, 3.8) is 0 Å². The fourth-order valence-electron chi connectivity index (χ4n) is 4.57. The molecule has 8 nitrogen and oxygen atoms in total. The van der Waals surface area contributed by atoms with Crippen LogP contribution in [-0.2, 0) is 4.79 Å². The maximum Gasteiger partial charge on any atom is 0.325 e. The summed E-state index contributed by atoms with van der Waals surface area (Å²) in [4.78, 5) is 36.5. The van der Waals surface area contributed by atoms with Crippen LogP contribution in [0, 0.1) is 3.57 Å². The Labute approximate surface area is 221 Å². The molecule has 4 aromatic rings. The molecule has 5 rings (SSSR count). The molecule has 1 aliphatic rings. The number of aliphatic hydroxyl groups is 1. The fraction of sp³-hybridized carbons (Fsp3) is 0.222. The Balaban J connectivity index is 1.51. The van der Waals surface area contributed by atoms with Crippen molar-refractivity contribution in [2.75, 3.05) is 13.2 Å². The summed E-state index contributed by atoms with van der Waals surface area (Å²) < 4.78 is 6.47. The molecule has 184 valence electrons. The SMILES string of the molecule is CC(c1ccccc1)C(c1nc2ccc(I)cc2[nH]1)N1C(=O)N[C@H](c2ccc(OCCO)cc2)C1=O. The first-order valence-electron chi connectivity index (χ1n) is 11.6. The number of hydrogen-bond acceptors (Lipinski definition) is 5. The number of benzene rings is 3. The van der Waals surface area contributed by atoms with E-state index in [1.807, 2.05) is 55.5 Å². The number of aromatic amines is 1. The van der Waals surface area contributed by atoms with Crippen molar-refractivity contribution in [3.05, 3.63) is 93.3 Å². The second-order valence-corrected chi connectivity index (χ2v) is 9.91. The molecular formula is C27H25IN4O4. The summed E-state index contributed by atoms with van der Waals surface area (Å²) >= 11 is 2.24. The van der Waals surface area contributed by atoms with E-state index >= 15 is 0 Å². The minimum absolute atomic E-state index is 0.0875. The third-order valence-corrected chi connectivity index (χ3v) is 7.03. The second kappa shape index (κ2) is 10.3. The standard InChI is InChI=1S/C27H25IN4O4/c1-16(17-5-3-2-4-6-17)24(25-29-21-12-9-19(28)15-22(21)30-25)32-26(34)23(31-27(32)35)18-7-10-20(11-8-18)36-14-13-33/h2-12,15-16,23-24,33H,13-14H2,1H3,(H,29,30)(H,31,35)/t16?,23-,24?/m1/s1. The summed E-state index contributed by atoms with van der Waals surface area (Å²) in [6.45, 7) is 2.09. The van der Waals surface area contributed by atoms with Gasteiger partial charge in [-0.25, -0.2) is 9.78 Å². The van der Waals surface area contributed by atoms with Gasteiger partial charge in [0.2, 0.25) is 0 Å². The van der Waals surface area contributed by atoms with Crippen molar-refractivity contribution in [2.24, 2.45) is 0 Å². The Bertz CT molecular complexity index is 1390. The molecule has 3 atom stereocenters. The summed E-state index contributed by atoms with van der Waals surface area (Å²) in [5.74, 6) is 0.578.